The van der Waals surface area contributed by atoms with Gasteiger partial charge in [0.25, 0.3) is 0 Å². The molecule has 1 saturated heterocycles. The van der Waals surface area contributed by atoms with Crippen molar-refractivity contribution in [2.24, 2.45) is 17.1 Å². The minimum atomic E-state index is 0.0217. The van der Waals surface area contributed by atoms with Crippen LogP contribution < -0.4 is 11.1 Å². The van der Waals surface area contributed by atoms with E-state index in [0.29, 0.717) is 6.54 Å². The molecule has 16 heavy (non-hydrogen) atoms. The zero-order valence-corrected chi connectivity index (χ0v) is 10.4. The van der Waals surface area contributed by atoms with Crippen molar-refractivity contribution in [3.63, 3.8) is 0 Å². The molecule has 1 fully saturated rings. The van der Waals surface area contributed by atoms with Gasteiger partial charge in [0, 0.05) is 25.7 Å². The maximum Gasteiger partial charge on any atom is 0.222 e. The Morgan fingerprint density at radius 2 is 2.12 bits per heavy atom. The summed E-state index contributed by atoms with van der Waals surface area (Å²) in [5, 5.41) is 3.03. The summed E-state index contributed by atoms with van der Waals surface area (Å²) in [6.45, 7) is 7.08. The van der Waals surface area contributed by atoms with Crippen LogP contribution in [0.3, 0.4) is 0 Å². The maximum atomic E-state index is 11.7. The van der Waals surface area contributed by atoms with Gasteiger partial charge in [-0.1, -0.05) is 13.8 Å². The molecule has 1 unspecified atom stereocenters. The molecule has 1 atom stereocenters. The molecule has 4 nitrogen and oxygen atoms in total. The molecule has 0 aliphatic carbocycles. The Kier molecular flexibility index (Phi) is 5.22. The fourth-order valence-electron chi connectivity index (χ4n) is 1.90. The molecular weight excluding hydrogens is 204 g/mol. The largest absolute Gasteiger partial charge is 0.381 e. The van der Waals surface area contributed by atoms with Crippen molar-refractivity contribution in [3.8, 4) is 0 Å². The highest BCUT2D eigenvalue weighted by Crippen LogP contribution is 2.28. The van der Waals surface area contributed by atoms with E-state index in [-0.39, 0.29) is 17.2 Å². The van der Waals surface area contributed by atoms with Crippen LogP contribution in [0, 0.1) is 11.3 Å². The number of hydrogen-bond acceptors (Lipinski definition) is 3. The highest BCUT2D eigenvalue weighted by Gasteiger charge is 2.28. The third-order valence-corrected chi connectivity index (χ3v) is 3.44. The molecule has 1 amide bonds. The summed E-state index contributed by atoms with van der Waals surface area (Å²) in [6, 6.07) is 0. The summed E-state index contributed by atoms with van der Waals surface area (Å²) >= 11 is 0. The standard InChI is InChI=1S/C12H24N2O2/c1-10(3-6-13)11(15)14-9-12(2)4-7-16-8-5-12/h10H,3-9,13H2,1-2H3,(H,14,15). The lowest BCUT2D eigenvalue weighted by Gasteiger charge is -2.33. The van der Waals surface area contributed by atoms with Gasteiger partial charge in [0.2, 0.25) is 5.91 Å². The van der Waals surface area contributed by atoms with Crippen molar-refractivity contribution in [3.05, 3.63) is 0 Å². The Morgan fingerprint density at radius 3 is 2.69 bits per heavy atom. The monoisotopic (exact) mass is 228 g/mol. The van der Waals surface area contributed by atoms with Gasteiger partial charge in [0.05, 0.1) is 0 Å². The number of amides is 1. The first-order chi connectivity index (χ1) is 7.57. The first-order valence-electron chi connectivity index (χ1n) is 6.13. The fraction of sp³-hybridized carbons (Fsp3) is 0.917. The van der Waals surface area contributed by atoms with Crippen LogP contribution in [0.25, 0.3) is 0 Å². The summed E-state index contributed by atoms with van der Waals surface area (Å²) in [4.78, 5) is 11.7. The summed E-state index contributed by atoms with van der Waals surface area (Å²) in [6.07, 6.45) is 2.81. The van der Waals surface area contributed by atoms with E-state index in [4.69, 9.17) is 10.5 Å². The van der Waals surface area contributed by atoms with Gasteiger partial charge in [-0.2, -0.15) is 0 Å². The number of nitrogens with one attached hydrogen (secondary N) is 1. The van der Waals surface area contributed by atoms with E-state index in [0.717, 1.165) is 39.0 Å². The highest BCUT2D eigenvalue weighted by atomic mass is 16.5. The van der Waals surface area contributed by atoms with Gasteiger partial charge in [-0.15, -0.1) is 0 Å². The van der Waals surface area contributed by atoms with Crippen LogP contribution in [0.1, 0.15) is 33.1 Å². The van der Waals surface area contributed by atoms with Crippen LogP contribution in [0.2, 0.25) is 0 Å². The third-order valence-electron chi connectivity index (χ3n) is 3.44. The molecule has 94 valence electrons. The van der Waals surface area contributed by atoms with Gasteiger partial charge in [-0.3, -0.25) is 4.79 Å². The van der Waals surface area contributed by atoms with Crippen LogP contribution in [-0.4, -0.2) is 32.2 Å². The minimum absolute atomic E-state index is 0.0217. The molecule has 3 N–H and O–H groups in total. The normalized spacial score (nSPS) is 21.4. The smallest absolute Gasteiger partial charge is 0.222 e. The van der Waals surface area contributed by atoms with E-state index < -0.39 is 0 Å². The first kappa shape index (κ1) is 13.5. The number of rotatable bonds is 5. The first-order valence-corrected chi connectivity index (χ1v) is 6.13. The van der Waals surface area contributed by atoms with Gasteiger partial charge in [0.1, 0.15) is 0 Å². The topological polar surface area (TPSA) is 64.4 Å². The molecule has 0 saturated carbocycles. The zero-order valence-electron chi connectivity index (χ0n) is 10.4. The van der Waals surface area contributed by atoms with Gasteiger partial charge >= 0.3 is 0 Å². The van der Waals surface area contributed by atoms with Crippen molar-refractivity contribution < 1.29 is 9.53 Å². The Balaban J connectivity index is 2.29. The molecule has 0 radical (unpaired) electrons. The second kappa shape index (κ2) is 6.21. The molecule has 1 aliphatic rings. The maximum absolute atomic E-state index is 11.7. The van der Waals surface area contributed by atoms with Crippen molar-refractivity contribution in [2.75, 3.05) is 26.3 Å². The SMILES string of the molecule is CC(CCN)C(=O)NCC1(C)CCOCC1. The van der Waals surface area contributed by atoms with E-state index >= 15 is 0 Å². The number of hydrogen-bond donors (Lipinski definition) is 2. The Morgan fingerprint density at radius 1 is 1.50 bits per heavy atom. The Labute approximate surface area is 97.9 Å². The van der Waals surface area contributed by atoms with Gasteiger partial charge in [-0.25, -0.2) is 0 Å². The second-order valence-electron chi connectivity index (χ2n) is 5.12. The van der Waals surface area contributed by atoms with E-state index in [1.54, 1.807) is 0 Å². The van der Waals surface area contributed by atoms with E-state index in [1.165, 1.54) is 0 Å². The van der Waals surface area contributed by atoms with E-state index in [9.17, 15) is 4.79 Å². The third kappa shape index (κ3) is 4.10. The summed E-state index contributed by atoms with van der Waals surface area (Å²) < 4.78 is 5.33. The summed E-state index contributed by atoms with van der Waals surface area (Å²) in [7, 11) is 0. The molecule has 0 aromatic carbocycles. The van der Waals surface area contributed by atoms with Crippen LogP contribution in [0.5, 0.6) is 0 Å². The Bertz CT molecular complexity index is 225. The lowest BCUT2D eigenvalue weighted by atomic mass is 9.82. The molecule has 0 spiro atoms. The number of carbonyl (C=O) groups is 1. The average Bonchev–Trinajstić information content (AvgIpc) is 2.27. The van der Waals surface area contributed by atoms with Gasteiger partial charge < -0.3 is 15.8 Å². The molecule has 1 heterocycles. The molecule has 1 rings (SSSR count). The van der Waals surface area contributed by atoms with E-state index in [1.807, 2.05) is 6.92 Å². The predicted molar refractivity (Wildman–Crippen MR) is 64.0 cm³/mol. The van der Waals surface area contributed by atoms with Crippen LogP contribution in [-0.2, 0) is 9.53 Å². The number of ether oxygens (including phenoxy) is 1. The average molecular weight is 228 g/mol. The van der Waals surface area contributed by atoms with Crippen LogP contribution >= 0.6 is 0 Å². The van der Waals surface area contributed by atoms with Crippen molar-refractivity contribution in [1.29, 1.82) is 0 Å². The molecule has 0 aromatic rings. The predicted octanol–water partition coefficient (Wildman–Crippen LogP) is 0.904. The molecular formula is C12H24N2O2. The highest BCUT2D eigenvalue weighted by molar-refractivity contribution is 5.78. The molecule has 1 aliphatic heterocycles. The lowest BCUT2D eigenvalue weighted by Crippen LogP contribution is -2.41. The van der Waals surface area contributed by atoms with Gasteiger partial charge in [-0.05, 0) is 31.2 Å². The molecule has 4 heteroatoms. The number of carbonyl (C=O) groups excluding carboxylic acids is 1. The number of nitrogens with two attached hydrogens (primary N) is 1. The fourth-order valence-corrected chi connectivity index (χ4v) is 1.90. The van der Waals surface area contributed by atoms with Crippen LogP contribution in [0.4, 0.5) is 0 Å². The van der Waals surface area contributed by atoms with Gasteiger partial charge in [0.15, 0.2) is 0 Å². The second-order valence-corrected chi connectivity index (χ2v) is 5.12. The quantitative estimate of drug-likeness (QED) is 0.735. The minimum Gasteiger partial charge on any atom is -0.381 e. The zero-order chi connectivity index (χ0) is 12.0. The van der Waals surface area contributed by atoms with Crippen LogP contribution in [0.15, 0.2) is 0 Å². The van der Waals surface area contributed by atoms with Crippen molar-refractivity contribution >= 4 is 5.91 Å². The molecule has 0 bridgehead atoms. The van der Waals surface area contributed by atoms with Crippen molar-refractivity contribution in [1.82, 2.24) is 5.32 Å². The van der Waals surface area contributed by atoms with E-state index in [2.05, 4.69) is 12.2 Å². The lowest BCUT2D eigenvalue weighted by molar-refractivity contribution is -0.125. The van der Waals surface area contributed by atoms with Crippen molar-refractivity contribution in [2.45, 2.75) is 33.1 Å². The molecule has 0 aromatic heterocycles. The summed E-state index contributed by atoms with van der Waals surface area (Å²) in [5.74, 6) is 0.145. The Hall–Kier alpha value is -0.610. The summed E-state index contributed by atoms with van der Waals surface area (Å²) in [5.41, 5.74) is 5.64.